The largest absolute Gasteiger partial charge is 0.380 e. The minimum atomic E-state index is -0.408. The van der Waals surface area contributed by atoms with Crippen LogP contribution < -0.4 is 10.6 Å². The van der Waals surface area contributed by atoms with E-state index in [1.54, 1.807) is 23.7 Å². The molecule has 0 radical (unpaired) electrons. The zero-order valence-electron chi connectivity index (χ0n) is 13.0. The van der Waals surface area contributed by atoms with Crippen molar-refractivity contribution in [3.05, 3.63) is 46.7 Å². The van der Waals surface area contributed by atoms with Crippen LogP contribution in [0.3, 0.4) is 0 Å². The molecule has 24 heavy (non-hydrogen) atoms. The Morgan fingerprint density at radius 1 is 1.50 bits per heavy atom. The van der Waals surface area contributed by atoms with E-state index in [-0.39, 0.29) is 12.0 Å². The van der Waals surface area contributed by atoms with Crippen molar-refractivity contribution in [2.75, 3.05) is 23.8 Å². The lowest BCUT2D eigenvalue weighted by Crippen LogP contribution is -2.19. The topological polar surface area (TPSA) is 63.2 Å². The van der Waals surface area contributed by atoms with Crippen molar-refractivity contribution < 1.29 is 13.9 Å². The van der Waals surface area contributed by atoms with E-state index in [0.29, 0.717) is 17.9 Å². The number of hydrogen-bond acceptors (Lipinski definition) is 5. The highest BCUT2D eigenvalue weighted by atomic mass is 32.1. The van der Waals surface area contributed by atoms with E-state index < -0.39 is 5.82 Å². The lowest BCUT2D eigenvalue weighted by molar-refractivity contribution is -0.111. The van der Waals surface area contributed by atoms with Crippen molar-refractivity contribution in [1.29, 1.82) is 0 Å². The minimum absolute atomic E-state index is 0.139. The number of carbonyl (C=O) groups is 1. The molecule has 126 valence electrons. The van der Waals surface area contributed by atoms with Crippen LogP contribution in [0.5, 0.6) is 0 Å². The predicted molar refractivity (Wildman–Crippen MR) is 93.6 cm³/mol. The number of amides is 1. The van der Waals surface area contributed by atoms with Crippen LogP contribution >= 0.6 is 11.3 Å². The molecule has 3 rings (SSSR count). The maximum absolute atomic E-state index is 14.1. The Labute approximate surface area is 143 Å². The maximum atomic E-state index is 14.1. The summed E-state index contributed by atoms with van der Waals surface area (Å²) < 4.78 is 19.6. The van der Waals surface area contributed by atoms with Gasteiger partial charge in [0.15, 0.2) is 0 Å². The second-order valence-corrected chi connectivity index (χ2v) is 6.17. The number of rotatable bonds is 6. The standard InChI is InChI=1S/C17H18FN3O2S/c18-15-8-12(21-17(22)6-4-13-10-24-11-20-13)3-5-16(15)19-9-14-2-1-7-23-14/h3-6,8,10-11,14,19H,1-2,7,9H2,(H,21,22)/b6-4+/t14-/m1/s1. The summed E-state index contributed by atoms with van der Waals surface area (Å²) in [5.74, 6) is -0.739. The number of aromatic nitrogens is 1. The van der Waals surface area contributed by atoms with Crippen LogP contribution in [-0.2, 0) is 9.53 Å². The summed E-state index contributed by atoms with van der Waals surface area (Å²) in [5, 5.41) is 7.50. The van der Waals surface area contributed by atoms with Crippen LogP contribution in [0.2, 0.25) is 0 Å². The fourth-order valence-corrected chi connectivity index (χ4v) is 2.94. The van der Waals surface area contributed by atoms with E-state index in [1.165, 1.54) is 23.5 Å². The molecule has 5 nitrogen and oxygen atoms in total. The number of anilines is 2. The number of carbonyl (C=O) groups excluding carboxylic acids is 1. The van der Waals surface area contributed by atoms with Crippen molar-refractivity contribution in [2.24, 2.45) is 0 Å². The number of hydrogen-bond donors (Lipinski definition) is 2. The van der Waals surface area contributed by atoms with Crippen molar-refractivity contribution in [1.82, 2.24) is 4.98 Å². The molecule has 0 bridgehead atoms. The molecule has 1 saturated heterocycles. The second kappa shape index (κ2) is 8.03. The summed E-state index contributed by atoms with van der Waals surface area (Å²) in [4.78, 5) is 15.9. The van der Waals surface area contributed by atoms with Gasteiger partial charge in [0.25, 0.3) is 0 Å². The van der Waals surface area contributed by atoms with Gasteiger partial charge in [-0.3, -0.25) is 4.79 Å². The van der Waals surface area contributed by atoms with Crippen LogP contribution in [0.1, 0.15) is 18.5 Å². The molecule has 1 aromatic carbocycles. The Balaban J connectivity index is 1.54. The summed E-state index contributed by atoms with van der Waals surface area (Å²) in [6.45, 7) is 1.35. The van der Waals surface area contributed by atoms with Gasteiger partial charge in [0.05, 0.1) is 23.0 Å². The van der Waals surface area contributed by atoms with Crippen LogP contribution in [0.4, 0.5) is 15.8 Å². The van der Waals surface area contributed by atoms with Crippen LogP contribution in [0.15, 0.2) is 35.2 Å². The molecule has 1 aromatic heterocycles. The van der Waals surface area contributed by atoms with Crippen LogP contribution in [0, 0.1) is 5.82 Å². The summed E-state index contributed by atoms with van der Waals surface area (Å²) in [5.41, 5.74) is 3.22. The third kappa shape index (κ3) is 4.62. The number of benzene rings is 1. The molecule has 1 aliphatic rings. The van der Waals surface area contributed by atoms with E-state index in [9.17, 15) is 9.18 Å². The van der Waals surface area contributed by atoms with Crippen molar-refractivity contribution in [3.8, 4) is 0 Å². The van der Waals surface area contributed by atoms with Gasteiger partial charge < -0.3 is 15.4 Å². The SMILES string of the molecule is O=C(/C=C/c1cscn1)Nc1ccc(NC[C@H]2CCCO2)c(F)c1. The molecule has 0 aliphatic carbocycles. The van der Waals surface area contributed by atoms with Gasteiger partial charge >= 0.3 is 0 Å². The van der Waals surface area contributed by atoms with Gasteiger partial charge in [-0.2, -0.15) is 0 Å². The molecular weight excluding hydrogens is 329 g/mol. The van der Waals surface area contributed by atoms with E-state index in [4.69, 9.17) is 4.74 Å². The van der Waals surface area contributed by atoms with E-state index >= 15 is 0 Å². The molecule has 1 fully saturated rings. The molecule has 1 atom stereocenters. The molecule has 1 aliphatic heterocycles. The zero-order valence-corrected chi connectivity index (χ0v) is 13.8. The first-order valence-corrected chi connectivity index (χ1v) is 8.67. The van der Waals surface area contributed by atoms with Gasteiger partial charge in [-0.05, 0) is 37.1 Å². The smallest absolute Gasteiger partial charge is 0.248 e. The number of nitrogens with one attached hydrogen (secondary N) is 2. The highest BCUT2D eigenvalue weighted by molar-refractivity contribution is 7.07. The first kappa shape index (κ1) is 16.6. The van der Waals surface area contributed by atoms with Crippen molar-refractivity contribution >= 4 is 34.7 Å². The Kier molecular flexibility index (Phi) is 5.55. The number of halogens is 1. The zero-order chi connectivity index (χ0) is 16.8. The Morgan fingerprint density at radius 3 is 3.12 bits per heavy atom. The van der Waals surface area contributed by atoms with E-state index in [2.05, 4.69) is 15.6 Å². The maximum Gasteiger partial charge on any atom is 0.248 e. The predicted octanol–water partition coefficient (Wildman–Crippen LogP) is 3.53. The van der Waals surface area contributed by atoms with E-state index in [0.717, 1.165) is 25.1 Å². The van der Waals surface area contributed by atoms with Gasteiger partial charge in [-0.15, -0.1) is 11.3 Å². The van der Waals surface area contributed by atoms with Crippen LogP contribution in [-0.4, -0.2) is 30.1 Å². The lowest BCUT2D eigenvalue weighted by atomic mass is 10.2. The lowest BCUT2D eigenvalue weighted by Gasteiger charge is -2.13. The highest BCUT2D eigenvalue weighted by Gasteiger charge is 2.15. The summed E-state index contributed by atoms with van der Waals surface area (Å²) in [6, 6.07) is 4.58. The third-order valence-corrected chi connectivity index (χ3v) is 4.24. The Bertz CT molecular complexity index is 713. The number of nitrogens with zero attached hydrogens (tertiary/aromatic N) is 1. The van der Waals surface area contributed by atoms with E-state index in [1.807, 2.05) is 5.38 Å². The fraction of sp³-hybridized carbons (Fsp3) is 0.294. The summed E-state index contributed by atoms with van der Waals surface area (Å²) >= 11 is 1.45. The molecule has 7 heteroatoms. The summed E-state index contributed by atoms with van der Waals surface area (Å²) in [6.07, 6.45) is 5.16. The summed E-state index contributed by atoms with van der Waals surface area (Å²) in [7, 11) is 0. The molecule has 2 heterocycles. The van der Waals surface area contributed by atoms with Crippen LogP contribution in [0.25, 0.3) is 6.08 Å². The normalized spacial score (nSPS) is 17.3. The van der Waals surface area contributed by atoms with Gasteiger partial charge in [0.2, 0.25) is 5.91 Å². The molecule has 0 spiro atoms. The van der Waals surface area contributed by atoms with Gasteiger partial charge in [-0.25, -0.2) is 9.37 Å². The Hall–Kier alpha value is -2.25. The monoisotopic (exact) mass is 347 g/mol. The third-order valence-electron chi connectivity index (χ3n) is 3.64. The molecule has 1 amide bonds. The Morgan fingerprint density at radius 2 is 2.42 bits per heavy atom. The number of thiazole rings is 1. The van der Waals surface area contributed by atoms with Crippen molar-refractivity contribution in [2.45, 2.75) is 18.9 Å². The average Bonchev–Trinajstić information content (AvgIpc) is 3.26. The molecule has 0 saturated carbocycles. The van der Waals surface area contributed by atoms with Gasteiger partial charge in [0.1, 0.15) is 5.82 Å². The highest BCUT2D eigenvalue weighted by Crippen LogP contribution is 2.20. The quantitative estimate of drug-likeness (QED) is 0.785. The van der Waals surface area contributed by atoms with Crippen molar-refractivity contribution in [3.63, 3.8) is 0 Å². The molecular formula is C17H18FN3O2S. The average molecular weight is 347 g/mol. The second-order valence-electron chi connectivity index (χ2n) is 5.45. The molecule has 2 aromatic rings. The number of ether oxygens (including phenoxy) is 1. The first-order chi connectivity index (χ1) is 11.7. The fourth-order valence-electron chi connectivity index (χ4n) is 2.41. The molecule has 2 N–H and O–H groups in total. The van der Waals surface area contributed by atoms with Gasteiger partial charge in [0, 0.05) is 30.3 Å². The van der Waals surface area contributed by atoms with Gasteiger partial charge in [-0.1, -0.05) is 0 Å². The first-order valence-electron chi connectivity index (χ1n) is 7.73. The molecule has 0 unspecified atom stereocenters. The minimum Gasteiger partial charge on any atom is -0.380 e.